The van der Waals surface area contributed by atoms with Crippen molar-refractivity contribution in [1.82, 2.24) is 0 Å². The van der Waals surface area contributed by atoms with E-state index >= 15 is 0 Å². The highest BCUT2D eigenvalue weighted by atomic mass is 35.5. The van der Waals surface area contributed by atoms with Gasteiger partial charge in [-0.3, -0.25) is 4.72 Å². The zero-order valence-electron chi connectivity index (χ0n) is 10.6. The predicted molar refractivity (Wildman–Crippen MR) is 79.5 cm³/mol. The summed E-state index contributed by atoms with van der Waals surface area (Å²) in [5.74, 6) is -0.164. The van der Waals surface area contributed by atoms with E-state index in [-0.39, 0.29) is 16.3 Å². The molecule has 0 heterocycles. The lowest BCUT2D eigenvalue weighted by atomic mass is 10.2. The zero-order chi connectivity index (χ0) is 14.9. The second-order valence-corrected chi connectivity index (χ2v) is 6.33. The average molecular weight is 313 g/mol. The van der Waals surface area contributed by atoms with Gasteiger partial charge in [0.2, 0.25) is 0 Å². The molecule has 0 aliphatic carbocycles. The highest BCUT2D eigenvalue weighted by Crippen LogP contribution is 2.27. The van der Waals surface area contributed by atoms with Crippen LogP contribution in [0.3, 0.4) is 0 Å². The first kappa shape index (κ1) is 14.5. The largest absolute Gasteiger partial charge is 0.506 e. The standard InChI is InChI=1S/C13H13ClN2O3S/c1-8-10(14)3-2-4-12(8)16-20(18,19)9-5-6-13(17)11(15)7-9/h2-7,16-17H,15H2,1H3. The summed E-state index contributed by atoms with van der Waals surface area (Å²) in [7, 11) is -3.79. The number of hydrogen-bond acceptors (Lipinski definition) is 4. The number of rotatable bonds is 3. The Balaban J connectivity index is 2.41. The Bertz CT molecular complexity index is 760. The number of phenols is 1. The maximum Gasteiger partial charge on any atom is 0.261 e. The first-order chi connectivity index (χ1) is 9.31. The molecule has 0 radical (unpaired) electrons. The van der Waals surface area contributed by atoms with Gasteiger partial charge in [0.15, 0.2) is 0 Å². The van der Waals surface area contributed by atoms with Gasteiger partial charge in [-0.05, 0) is 42.8 Å². The number of anilines is 2. The Morgan fingerprint density at radius 1 is 1.25 bits per heavy atom. The van der Waals surface area contributed by atoms with Crippen LogP contribution in [0.2, 0.25) is 5.02 Å². The van der Waals surface area contributed by atoms with Gasteiger partial charge in [0.05, 0.1) is 16.3 Å². The van der Waals surface area contributed by atoms with Crippen molar-refractivity contribution in [2.45, 2.75) is 11.8 Å². The normalized spacial score (nSPS) is 11.3. The molecule has 2 aromatic carbocycles. The molecule has 4 N–H and O–H groups in total. The fourth-order valence-electron chi connectivity index (χ4n) is 1.62. The second-order valence-electron chi connectivity index (χ2n) is 4.24. The molecule has 0 aliphatic rings. The fraction of sp³-hybridized carbons (Fsp3) is 0.0769. The smallest absolute Gasteiger partial charge is 0.261 e. The molecule has 0 saturated carbocycles. The minimum absolute atomic E-state index is 0.00399. The van der Waals surface area contributed by atoms with Crippen LogP contribution < -0.4 is 10.5 Å². The molecule has 0 spiro atoms. The van der Waals surface area contributed by atoms with E-state index in [1.807, 2.05) is 0 Å². The van der Waals surface area contributed by atoms with Gasteiger partial charge in [-0.15, -0.1) is 0 Å². The van der Waals surface area contributed by atoms with E-state index in [0.717, 1.165) is 0 Å². The summed E-state index contributed by atoms with van der Waals surface area (Å²) in [4.78, 5) is -0.0350. The lowest BCUT2D eigenvalue weighted by Gasteiger charge is -2.12. The van der Waals surface area contributed by atoms with Crippen LogP contribution in [-0.2, 0) is 10.0 Å². The van der Waals surface area contributed by atoms with E-state index in [4.69, 9.17) is 17.3 Å². The molecule has 0 unspecified atom stereocenters. The summed E-state index contributed by atoms with van der Waals surface area (Å²) in [6, 6.07) is 8.63. The van der Waals surface area contributed by atoms with Crippen LogP contribution in [-0.4, -0.2) is 13.5 Å². The number of aromatic hydroxyl groups is 1. The van der Waals surface area contributed by atoms with Crippen LogP contribution >= 0.6 is 11.6 Å². The van der Waals surface area contributed by atoms with Crippen molar-refractivity contribution >= 4 is 33.0 Å². The summed E-state index contributed by atoms with van der Waals surface area (Å²) in [5.41, 5.74) is 6.52. The van der Waals surface area contributed by atoms with Crippen LogP contribution in [0.4, 0.5) is 11.4 Å². The van der Waals surface area contributed by atoms with Gasteiger partial charge in [0.25, 0.3) is 10.0 Å². The lowest BCUT2D eigenvalue weighted by molar-refractivity contribution is 0.477. The maximum atomic E-state index is 12.2. The number of halogens is 1. The number of nitrogens with one attached hydrogen (secondary N) is 1. The number of hydrogen-bond donors (Lipinski definition) is 3. The molecule has 0 amide bonds. The zero-order valence-corrected chi connectivity index (χ0v) is 12.2. The SMILES string of the molecule is Cc1c(Cl)cccc1NS(=O)(=O)c1ccc(O)c(N)c1. The van der Waals surface area contributed by atoms with Gasteiger partial charge in [-0.25, -0.2) is 8.42 Å². The Morgan fingerprint density at radius 2 is 1.95 bits per heavy atom. The molecule has 0 aromatic heterocycles. The molecule has 2 rings (SSSR count). The van der Waals surface area contributed by atoms with Crippen molar-refractivity contribution in [2.24, 2.45) is 0 Å². The highest BCUT2D eigenvalue weighted by molar-refractivity contribution is 7.92. The van der Waals surface area contributed by atoms with Crippen molar-refractivity contribution in [3.05, 3.63) is 47.0 Å². The van der Waals surface area contributed by atoms with E-state index in [2.05, 4.69) is 4.72 Å². The number of benzene rings is 2. The number of phenolic OH excluding ortho intramolecular Hbond substituents is 1. The molecule has 106 valence electrons. The second kappa shape index (κ2) is 5.22. The molecule has 5 nitrogen and oxygen atoms in total. The van der Waals surface area contributed by atoms with E-state index in [0.29, 0.717) is 16.3 Å². The van der Waals surface area contributed by atoms with Crippen molar-refractivity contribution in [3.8, 4) is 5.75 Å². The van der Waals surface area contributed by atoms with Gasteiger partial charge in [-0.1, -0.05) is 17.7 Å². The Morgan fingerprint density at radius 3 is 2.60 bits per heavy atom. The Hall–Kier alpha value is -1.92. The molecule has 0 saturated heterocycles. The molecular weight excluding hydrogens is 300 g/mol. The summed E-state index contributed by atoms with van der Waals surface area (Å²) in [5, 5.41) is 9.79. The number of nitrogen functional groups attached to an aromatic ring is 1. The van der Waals surface area contributed by atoms with Crippen LogP contribution in [0, 0.1) is 6.92 Å². The molecule has 0 atom stereocenters. The third-order valence-corrected chi connectivity index (χ3v) is 4.59. The molecule has 7 heteroatoms. The summed E-state index contributed by atoms with van der Waals surface area (Å²) < 4.78 is 26.9. The van der Waals surface area contributed by atoms with Crippen molar-refractivity contribution in [3.63, 3.8) is 0 Å². The lowest BCUT2D eigenvalue weighted by Crippen LogP contribution is -2.14. The molecule has 0 fully saturated rings. The van der Waals surface area contributed by atoms with Gasteiger partial charge < -0.3 is 10.8 Å². The van der Waals surface area contributed by atoms with E-state index < -0.39 is 10.0 Å². The fourth-order valence-corrected chi connectivity index (χ4v) is 2.95. The van der Waals surface area contributed by atoms with Crippen LogP contribution in [0.5, 0.6) is 5.75 Å². The van der Waals surface area contributed by atoms with Crippen LogP contribution in [0.25, 0.3) is 0 Å². The van der Waals surface area contributed by atoms with Gasteiger partial charge >= 0.3 is 0 Å². The van der Waals surface area contributed by atoms with E-state index in [1.54, 1.807) is 25.1 Å². The summed E-state index contributed by atoms with van der Waals surface area (Å²) >= 11 is 5.95. The topological polar surface area (TPSA) is 92.4 Å². The van der Waals surface area contributed by atoms with Crippen molar-refractivity contribution < 1.29 is 13.5 Å². The quantitative estimate of drug-likeness (QED) is 0.600. The minimum atomic E-state index is -3.79. The predicted octanol–water partition coefficient (Wildman–Crippen LogP) is 2.74. The number of nitrogens with two attached hydrogens (primary N) is 1. The highest BCUT2D eigenvalue weighted by Gasteiger charge is 2.17. The minimum Gasteiger partial charge on any atom is -0.506 e. The number of sulfonamides is 1. The molecule has 20 heavy (non-hydrogen) atoms. The van der Waals surface area contributed by atoms with Crippen molar-refractivity contribution in [1.29, 1.82) is 0 Å². The van der Waals surface area contributed by atoms with Gasteiger partial charge in [-0.2, -0.15) is 0 Å². The van der Waals surface area contributed by atoms with Crippen molar-refractivity contribution in [2.75, 3.05) is 10.5 Å². The van der Waals surface area contributed by atoms with Gasteiger partial charge in [0.1, 0.15) is 5.75 Å². The van der Waals surface area contributed by atoms with Crippen LogP contribution in [0.15, 0.2) is 41.3 Å². The molecular formula is C13H13ClN2O3S. The van der Waals surface area contributed by atoms with E-state index in [9.17, 15) is 13.5 Å². The first-order valence-electron chi connectivity index (χ1n) is 5.67. The van der Waals surface area contributed by atoms with E-state index in [1.165, 1.54) is 18.2 Å². The average Bonchev–Trinajstić information content (AvgIpc) is 2.38. The first-order valence-corrected chi connectivity index (χ1v) is 7.54. The summed E-state index contributed by atoms with van der Waals surface area (Å²) in [6.07, 6.45) is 0. The maximum absolute atomic E-state index is 12.2. The third kappa shape index (κ3) is 2.81. The van der Waals surface area contributed by atoms with Crippen LogP contribution in [0.1, 0.15) is 5.56 Å². The molecule has 2 aromatic rings. The molecule has 0 bridgehead atoms. The van der Waals surface area contributed by atoms with Gasteiger partial charge in [0, 0.05) is 5.02 Å². The monoisotopic (exact) mass is 312 g/mol. The third-order valence-electron chi connectivity index (χ3n) is 2.82. The Kier molecular flexibility index (Phi) is 3.78. The molecule has 0 aliphatic heterocycles. The Labute approximate surface area is 122 Å². The summed E-state index contributed by atoms with van der Waals surface area (Å²) in [6.45, 7) is 1.71.